The average Bonchev–Trinajstić information content (AvgIpc) is 3.10. The molecule has 0 saturated carbocycles. The highest BCUT2D eigenvalue weighted by Crippen LogP contribution is 2.39. The van der Waals surface area contributed by atoms with Gasteiger partial charge in [0.05, 0.1) is 23.7 Å². The normalized spacial score (nSPS) is 16.8. The number of thiophene rings is 1. The number of nitro benzene ring substituents is 1. The second-order valence-electron chi connectivity index (χ2n) is 6.86. The number of hydrogen-bond acceptors (Lipinski definition) is 7. The van der Waals surface area contributed by atoms with Gasteiger partial charge in [-0.05, 0) is 37.3 Å². The molecule has 8 heteroatoms. The maximum Gasteiger partial charge on any atom is 0.270 e. The molecule has 28 heavy (non-hydrogen) atoms. The molecular weight excluding hydrogens is 376 g/mol. The fourth-order valence-corrected chi connectivity index (χ4v) is 4.92. The van der Waals surface area contributed by atoms with Gasteiger partial charge >= 0.3 is 0 Å². The van der Waals surface area contributed by atoms with Gasteiger partial charge in [0.2, 0.25) is 0 Å². The highest BCUT2D eigenvalue weighted by molar-refractivity contribution is 7.16. The number of morpholine rings is 1. The Morgan fingerprint density at radius 1 is 1.29 bits per heavy atom. The van der Waals surface area contributed by atoms with Gasteiger partial charge in [0, 0.05) is 47.6 Å². The molecule has 0 N–H and O–H groups in total. The Morgan fingerprint density at radius 2 is 2.07 bits per heavy atom. The van der Waals surface area contributed by atoms with E-state index in [0.29, 0.717) is 29.3 Å². The molecule has 4 rings (SSSR count). The van der Waals surface area contributed by atoms with E-state index in [1.807, 2.05) is 0 Å². The van der Waals surface area contributed by atoms with Crippen LogP contribution in [0.2, 0.25) is 0 Å². The van der Waals surface area contributed by atoms with Crippen molar-refractivity contribution in [2.75, 3.05) is 31.2 Å². The minimum absolute atomic E-state index is 0.0319. The van der Waals surface area contributed by atoms with Crippen molar-refractivity contribution in [3.63, 3.8) is 0 Å². The number of aliphatic imine (C=N–C) groups is 1. The summed E-state index contributed by atoms with van der Waals surface area (Å²) in [5, 5.41) is 21.5. The van der Waals surface area contributed by atoms with Crippen LogP contribution < -0.4 is 4.90 Å². The predicted octanol–water partition coefficient (Wildman–Crippen LogP) is 3.99. The van der Waals surface area contributed by atoms with Gasteiger partial charge in [-0.25, -0.2) is 4.99 Å². The minimum atomic E-state index is -0.398. The molecule has 1 aliphatic carbocycles. The molecule has 2 aromatic rings. The Balaban J connectivity index is 1.72. The van der Waals surface area contributed by atoms with Gasteiger partial charge in [-0.2, -0.15) is 5.26 Å². The molecular formula is C20H20N4O3S. The van der Waals surface area contributed by atoms with Crippen LogP contribution in [-0.4, -0.2) is 37.4 Å². The first-order valence-corrected chi connectivity index (χ1v) is 10.2. The first-order chi connectivity index (χ1) is 13.7. The Labute approximate surface area is 167 Å². The number of nitrogens with zero attached hydrogens (tertiary/aromatic N) is 4. The lowest BCUT2D eigenvalue weighted by Crippen LogP contribution is -2.36. The Bertz CT molecular complexity index is 971. The van der Waals surface area contributed by atoms with Crippen LogP contribution in [0, 0.1) is 21.4 Å². The van der Waals surface area contributed by atoms with Crippen LogP contribution in [-0.2, 0) is 17.6 Å². The molecule has 0 radical (unpaired) electrons. The smallest absolute Gasteiger partial charge is 0.270 e. The van der Waals surface area contributed by atoms with Gasteiger partial charge in [0.1, 0.15) is 11.1 Å². The van der Waals surface area contributed by atoms with Crippen molar-refractivity contribution in [1.29, 1.82) is 5.26 Å². The summed E-state index contributed by atoms with van der Waals surface area (Å²) in [4.78, 5) is 18.8. The van der Waals surface area contributed by atoms with E-state index in [1.54, 1.807) is 29.7 Å². The number of rotatable bonds is 4. The molecule has 0 spiro atoms. The predicted molar refractivity (Wildman–Crippen MR) is 109 cm³/mol. The minimum Gasteiger partial charge on any atom is -0.378 e. The molecule has 2 aliphatic rings. The van der Waals surface area contributed by atoms with E-state index in [9.17, 15) is 15.4 Å². The van der Waals surface area contributed by atoms with Gasteiger partial charge in [-0.1, -0.05) is 0 Å². The maximum absolute atomic E-state index is 11.2. The number of anilines is 1. The number of fused-ring (bicyclic) bond motifs is 1. The van der Waals surface area contributed by atoms with Crippen molar-refractivity contribution < 1.29 is 9.66 Å². The van der Waals surface area contributed by atoms with Gasteiger partial charge in [-0.3, -0.25) is 10.1 Å². The number of hydrogen-bond donors (Lipinski definition) is 0. The van der Waals surface area contributed by atoms with Crippen LogP contribution in [0.5, 0.6) is 0 Å². The zero-order valence-electron chi connectivity index (χ0n) is 15.4. The summed E-state index contributed by atoms with van der Waals surface area (Å²) >= 11 is 1.57. The lowest BCUT2D eigenvalue weighted by atomic mass is 9.96. The molecule has 7 nitrogen and oxygen atoms in total. The Hall–Kier alpha value is -2.76. The van der Waals surface area contributed by atoms with Gasteiger partial charge in [0.25, 0.3) is 5.69 Å². The molecule has 1 saturated heterocycles. The number of ether oxygens (including phenoxy) is 1. The van der Waals surface area contributed by atoms with Crippen LogP contribution in [0.15, 0.2) is 23.2 Å². The summed E-state index contributed by atoms with van der Waals surface area (Å²) < 4.78 is 5.41. The zero-order valence-corrected chi connectivity index (χ0v) is 16.2. The molecule has 1 aromatic carbocycles. The number of nitriles is 1. The van der Waals surface area contributed by atoms with Crippen LogP contribution in [0.25, 0.3) is 0 Å². The van der Waals surface area contributed by atoms with Crippen LogP contribution in [0.1, 0.15) is 34.4 Å². The van der Waals surface area contributed by atoms with E-state index < -0.39 is 4.92 Å². The van der Waals surface area contributed by atoms with Crippen molar-refractivity contribution in [2.45, 2.75) is 25.7 Å². The summed E-state index contributed by atoms with van der Waals surface area (Å²) in [7, 11) is 0. The molecule has 1 aliphatic heterocycles. The Morgan fingerprint density at radius 3 is 2.82 bits per heavy atom. The average molecular weight is 396 g/mol. The van der Waals surface area contributed by atoms with Crippen molar-refractivity contribution in [2.24, 2.45) is 4.99 Å². The molecule has 2 heterocycles. The van der Waals surface area contributed by atoms with E-state index in [1.165, 1.54) is 10.9 Å². The molecule has 0 bridgehead atoms. The maximum atomic E-state index is 11.2. The van der Waals surface area contributed by atoms with Crippen LogP contribution in [0.4, 0.5) is 16.4 Å². The third-order valence-electron chi connectivity index (χ3n) is 5.16. The third kappa shape index (κ3) is 3.63. The molecule has 0 atom stereocenters. The molecule has 1 fully saturated rings. The van der Waals surface area contributed by atoms with Crippen molar-refractivity contribution in [1.82, 2.24) is 0 Å². The lowest BCUT2D eigenvalue weighted by Gasteiger charge is -2.29. The van der Waals surface area contributed by atoms with E-state index in [0.717, 1.165) is 50.0 Å². The van der Waals surface area contributed by atoms with Gasteiger partial charge < -0.3 is 9.64 Å². The monoisotopic (exact) mass is 396 g/mol. The van der Waals surface area contributed by atoms with Gasteiger partial charge in [0.15, 0.2) is 0 Å². The second-order valence-corrected chi connectivity index (χ2v) is 7.94. The summed E-state index contributed by atoms with van der Waals surface area (Å²) in [6, 6.07) is 7.15. The van der Waals surface area contributed by atoms with Crippen LogP contribution >= 0.6 is 11.3 Å². The van der Waals surface area contributed by atoms with Crippen LogP contribution in [0.3, 0.4) is 0 Å². The second kappa shape index (κ2) is 8.09. The van der Waals surface area contributed by atoms with E-state index in [2.05, 4.69) is 16.0 Å². The van der Waals surface area contributed by atoms with Crippen molar-refractivity contribution in [3.8, 4) is 6.07 Å². The Kier molecular flexibility index (Phi) is 5.37. The fourth-order valence-electron chi connectivity index (χ4n) is 3.74. The first-order valence-electron chi connectivity index (χ1n) is 9.37. The number of benzene rings is 1. The number of non-ortho nitro benzene ring substituents is 1. The number of aryl methyl sites for hydroxylation is 1. The summed E-state index contributed by atoms with van der Waals surface area (Å²) in [6.45, 7) is 2.72. The SMILES string of the molecule is N#Cc1c(N=Cc2cc([N+](=O)[O-])ccc2N2CCOCC2)sc2c1CCCC2. The molecule has 1 aromatic heterocycles. The fraction of sp³-hybridized carbons (Fsp3) is 0.400. The summed E-state index contributed by atoms with van der Waals surface area (Å²) in [6.07, 6.45) is 5.84. The highest BCUT2D eigenvalue weighted by atomic mass is 32.1. The van der Waals surface area contributed by atoms with E-state index in [-0.39, 0.29) is 5.69 Å². The topological polar surface area (TPSA) is 91.8 Å². The third-order valence-corrected chi connectivity index (χ3v) is 6.36. The highest BCUT2D eigenvalue weighted by Gasteiger charge is 2.21. The summed E-state index contributed by atoms with van der Waals surface area (Å²) in [5.41, 5.74) is 3.42. The quantitative estimate of drug-likeness (QED) is 0.443. The largest absolute Gasteiger partial charge is 0.378 e. The van der Waals surface area contributed by atoms with E-state index in [4.69, 9.17) is 4.74 Å². The summed E-state index contributed by atoms with van der Waals surface area (Å²) in [5.74, 6) is 0. The van der Waals surface area contributed by atoms with Crippen molar-refractivity contribution >= 4 is 33.9 Å². The van der Waals surface area contributed by atoms with Crippen molar-refractivity contribution in [3.05, 3.63) is 49.9 Å². The standard InChI is InChI=1S/C20H20N4O3S/c21-12-17-16-3-1-2-4-19(16)28-20(17)22-13-14-11-15(24(25)26)5-6-18(14)23-7-9-27-10-8-23/h5-6,11,13H,1-4,7-10H2. The zero-order chi connectivity index (χ0) is 19.5. The molecule has 0 unspecified atom stereocenters. The molecule has 144 valence electrons. The lowest BCUT2D eigenvalue weighted by molar-refractivity contribution is -0.384. The van der Waals surface area contributed by atoms with Gasteiger partial charge in [-0.15, -0.1) is 11.3 Å². The number of nitro groups is 1. The van der Waals surface area contributed by atoms with E-state index >= 15 is 0 Å². The molecule has 0 amide bonds. The first kappa shape index (κ1) is 18.6.